The van der Waals surface area contributed by atoms with Crippen molar-refractivity contribution in [2.24, 2.45) is 0 Å². The number of rotatable bonds is 8. The molecule has 0 saturated carbocycles. The first-order chi connectivity index (χ1) is 13.5. The van der Waals surface area contributed by atoms with Crippen molar-refractivity contribution in [3.05, 3.63) is 66.2 Å². The Morgan fingerprint density at radius 2 is 1.50 bits per heavy atom. The number of hydrogen-bond donors (Lipinski definition) is 1. The van der Waals surface area contributed by atoms with E-state index in [4.69, 9.17) is 0 Å². The summed E-state index contributed by atoms with van der Waals surface area (Å²) in [6.45, 7) is 2.75. The molecule has 0 unspecified atom stereocenters. The Morgan fingerprint density at radius 3 is 2.14 bits per heavy atom. The Balaban J connectivity index is 1.38. The second-order valence-electron chi connectivity index (χ2n) is 6.90. The van der Waals surface area contributed by atoms with Gasteiger partial charge in [-0.3, -0.25) is 4.79 Å². The van der Waals surface area contributed by atoms with Crippen LogP contribution in [-0.4, -0.2) is 57.1 Å². The number of anilines is 1. The molecule has 0 radical (unpaired) electrons. The first-order valence-electron chi connectivity index (χ1n) is 9.63. The molecular formula is C21H27N3O3S. The van der Waals surface area contributed by atoms with E-state index >= 15 is 0 Å². The molecule has 28 heavy (non-hydrogen) atoms. The molecule has 1 heterocycles. The average molecular weight is 402 g/mol. The minimum atomic E-state index is -3.29. The molecule has 150 valence electrons. The van der Waals surface area contributed by atoms with E-state index in [-0.39, 0.29) is 11.7 Å². The van der Waals surface area contributed by atoms with Crippen LogP contribution in [0.15, 0.2) is 60.7 Å². The lowest BCUT2D eigenvalue weighted by atomic mass is 10.1. The maximum atomic E-state index is 12.6. The topological polar surface area (TPSA) is 69.7 Å². The largest absolute Gasteiger partial charge is 0.369 e. The third-order valence-corrected chi connectivity index (χ3v) is 6.82. The highest BCUT2D eigenvalue weighted by atomic mass is 32.2. The summed E-state index contributed by atoms with van der Waals surface area (Å²) in [6, 6.07) is 19.5. The van der Waals surface area contributed by atoms with Crippen LogP contribution in [0.2, 0.25) is 0 Å². The number of amides is 1. The highest BCUT2D eigenvalue weighted by Gasteiger charge is 2.26. The number of hydrogen-bond acceptors (Lipinski definition) is 4. The van der Waals surface area contributed by atoms with Gasteiger partial charge in [0.2, 0.25) is 15.9 Å². The van der Waals surface area contributed by atoms with Crippen LogP contribution >= 0.6 is 0 Å². The zero-order valence-electron chi connectivity index (χ0n) is 16.0. The van der Waals surface area contributed by atoms with Crippen molar-refractivity contribution in [1.82, 2.24) is 9.62 Å². The van der Waals surface area contributed by atoms with Crippen molar-refractivity contribution in [3.63, 3.8) is 0 Å². The Hall–Kier alpha value is -2.38. The second kappa shape index (κ2) is 9.71. The number of carbonyl (C=O) groups excluding carboxylic acids is 1. The van der Waals surface area contributed by atoms with Crippen LogP contribution in [-0.2, 0) is 21.2 Å². The van der Waals surface area contributed by atoms with Crippen molar-refractivity contribution in [2.75, 3.05) is 43.4 Å². The molecule has 0 atom stereocenters. The smallest absolute Gasteiger partial charge is 0.224 e. The number of sulfonamides is 1. The van der Waals surface area contributed by atoms with Gasteiger partial charge in [0.15, 0.2) is 0 Å². The van der Waals surface area contributed by atoms with Crippen molar-refractivity contribution in [3.8, 4) is 0 Å². The van der Waals surface area contributed by atoms with Crippen LogP contribution in [0.5, 0.6) is 0 Å². The van der Waals surface area contributed by atoms with Gasteiger partial charge in [0.25, 0.3) is 0 Å². The standard InChI is InChI=1S/C21H27N3O3S/c25-21(18-19-8-3-1-4-9-19)22-12-7-17-28(26,27)24-15-13-23(14-16-24)20-10-5-2-6-11-20/h1-6,8-11H,7,12-18H2,(H,22,25). The zero-order chi connectivity index (χ0) is 19.8. The zero-order valence-corrected chi connectivity index (χ0v) is 16.8. The molecule has 1 N–H and O–H groups in total. The van der Waals surface area contributed by atoms with Gasteiger partial charge in [-0.05, 0) is 24.1 Å². The molecule has 6 nitrogen and oxygen atoms in total. The van der Waals surface area contributed by atoms with Gasteiger partial charge in [-0.15, -0.1) is 0 Å². The summed E-state index contributed by atoms with van der Waals surface area (Å²) in [5.74, 6) is -0.0238. The SMILES string of the molecule is O=C(Cc1ccccc1)NCCCS(=O)(=O)N1CCN(c2ccccc2)CC1. The number of nitrogens with one attached hydrogen (secondary N) is 1. The fraction of sp³-hybridized carbons (Fsp3) is 0.381. The molecule has 0 aliphatic carbocycles. The van der Waals surface area contributed by atoms with Gasteiger partial charge in [-0.2, -0.15) is 4.31 Å². The number of piperazine rings is 1. The van der Waals surface area contributed by atoms with Crippen LogP contribution < -0.4 is 10.2 Å². The molecule has 2 aromatic carbocycles. The van der Waals surface area contributed by atoms with E-state index in [2.05, 4.69) is 10.2 Å². The Labute approximate surface area is 167 Å². The van der Waals surface area contributed by atoms with Gasteiger partial charge < -0.3 is 10.2 Å². The summed E-state index contributed by atoms with van der Waals surface area (Å²) in [5.41, 5.74) is 2.07. The van der Waals surface area contributed by atoms with Crippen LogP contribution in [0.25, 0.3) is 0 Å². The number of para-hydroxylation sites is 1. The highest BCUT2D eigenvalue weighted by Crippen LogP contribution is 2.17. The minimum Gasteiger partial charge on any atom is -0.369 e. The number of nitrogens with zero attached hydrogens (tertiary/aromatic N) is 2. The molecule has 0 bridgehead atoms. The van der Waals surface area contributed by atoms with Crippen molar-refractivity contribution >= 4 is 21.6 Å². The molecule has 3 rings (SSSR count). The first-order valence-corrected chi connectivity index (χ1v) is 11.2. The van der Waals surface area contributed by atoms with Crippen LogP contribution in [0.3, 0.4) is 0 Å². The summed E-state index contributed by atoms with van der Waals surface area (Å²) < 4.78 is 26.7. The molecule has 1 aliphatic heterocycles. The van der Waals surface area contributed by atoms with E-state index in [1.165, 1.54) is 0 Å². The van der Waals surface area contributed by atoms with E-state index in [1.54, 1.807) is 4.31 Å². The number of carbonyl (C=O) groups is 1. The molecule has 0 spiro atoms. The maximum Gasteiger partial charge on any atom is 0.224 e. The summed E-state index contributed by atoms with van der Waals surface area (Å²) >= 11 is 0. The summed E-state index contributed by atoms with van der Waals surface area (Å²) in [7, 11) is -3.29. The Morgan fingerprint density at radius 1 is 0.893 bits per heavy atom. The number of benzene rings is 2. The normalized spacial score (nSPS) is 15.4. The van der Waals surface area contributed by atoms with Crippen molar-refractivity contribution in [2.45, 2.75) is 12.8 Å². The third kappa shape index (κ3) is 5.81. The van der Waals surface area contributed by atoms with E-state index in [1.807, 2.05) is 60.7 Å². The fourth-order valence-corrected chi connectivity index (χ4v) is 4.81. The van der Waals surface area contributed by atoms with Crippen molar-refractivity contribution in [1.29, 1.82) is 0 Å². The molecule has 1 fully saturated rings. The van der Waals surface area contributed by atoms with Gasteiger partial charge in [-0.1, -0.05) is 48.5 Å². The molecule has 1 saturated heterocycles. The van der Waals surface area contributed by atoms with E-state index in [9.17, 15) is 13.2 Å². The summed E-state index contributed by atoms with van der Waals surface area (Å²) in [4.78, 5) is 14.1. The maximum absolute atomic E-state index is 12.6. The van der Waals surface area contributed by atoms with Gasteiger partial charge in [0.05, 0.1) is 12.2 Å². The fourth-order valence-electron chi connectivity index (χ4n) is 3.32. The van der Waals surface area contributed by atoms with E-state index in [0.717, 1.165) is 11.3 Å². The Bertz CT molecular complexity index is 849. The quantitative estimate of drug-likeness (QED) is 0.686. The van der Waals surface area contributed by atoms with Gasteiger partial charge >= 0.3 is 0 Å². The predicted molar refractivity (Wildman–Crippen MR) is 112 cm³/mol. The molecule has 1 aliphatic rings. The van der Waals surface area contributed by atoms with E-state index in [0.29, 0.717) is 45.6 Å². The van der Waals surface area contributed by atoms with Crippen LogP contribution in [0, 0.1) is 0 Å². The molecule has 2 aromatic rings. The molecule has 0 aromatic heterocycles. The molecule has 7 heteroatoms. The Kier molecular flexibility index (Phi) is 7.06. The predicted octanol–water partition coefficient (Wildman–Crippen LogP) is 1.89. The van der Waals surface area contributed by atoms with E-state index < -0.39 is 10.0 Å². The average Bonchev–Trinajstić information content (AvgIpc) is 2.73. The lowest BCUT2D eigenvalue weighted by Crippen LogP contribution is -2.49. The summed E-state index contributed by atoms with van der Waals surface area (Å²) in [6.07, 6.45) is 0.733. The van der Waals surface area contributed by atoms with Gasteiger partial charge in [0.1, 0.15) is 0 Å². The monoisotopic (exact) mass is 401 g/mol. The van der Waals surface area contributed by atoms with Crippen molar-refractivity contribution < 1.29 is 13.2 Å². The summed E-state index contributed by atoms with van der Waals surface area (Å²) in [5, 5.41) is 2.81. The molecule has 1 amide bonds. The highest BCUT2D eigenvalue weighted by molar-refractivity contribution is 7.89. The van der Waals surface area contributed by atoms with Gasteiger partial charge in [-0.25, -0.2) is 8.42 Å². The van der Waals surface area contributed by atoms with Crippen LogP contribution in [0.4, 0.5) is 5.69 Å². The third-order valence-electron chi connectivity index (χ3n) is 4.86. The minimum absolute atomic E-state index is 0.0595. The van der Waals surface area contributed by atoms with Crippen LogP contribution in [0.1, 0.15) is 12.0 Å². The first kappa shape index (κ1) is 20.4. The molecular weight excluding hydrogens is 374 g/mol. The van der Waals surface area contributed by atoms with Gasteiger partial charge in [0, 0.05) is 38.4 Å². The lowest BCUT2D eigenvalue weighted by Gasteiger charge is -2.35. The lowest BCUT2D eigenvalue weighted by molar-refractivity contribution is -0.120. The second-order valence-corrected chi connectivity index (χ2v) is 8.99.